The van der Waals surface area contributed by atoms with Gasteiger partial charge in [-0.05, 0) is 48.5 Å². The maximum absolute atomic E-state index is 12.8. The molecule has 3 rings (SSSR count). The molecule has 0 aliphatic heterocycles. The molecule has 3 aromatic rings. The van der Waals surface area contributed by atoms with E-state index < -0.39 is 15.9 Å². The Kier molecular flexibility index (Phi) is 6.56. The first-order chi connectivity index (χ1) is 14.8. The summed E-state index contributed by atoms with van der Waals surface area (Å²) in [5, 5.41) is 5.30. The van der Waals surface area contributed by atoms with Crippen LogP contribution in [0.1, 0.15) is 17.3 Å². The van der Waals surface area contributed by atoms with Crippen LogP contribution < -0.4 is 20.1 Å². The largest absolute Gasteiger partial charge is 0.495 e. The van der Waals surface area contributed by atoms with Gasteiger partial charge in [-0.1, -0.05) is 24.3 Å². The molecule has 0 radical (unpaired) electrons. The first-order valence-corrected chi connectivity index (χ1v) is 10.7. The normalized spacial score (nSPS) is 10.8. The van der Waals surface area contributed by atoms with Gasteiger partial charge in [-0.15, -0.1) is 0 Å². The highest BCUT2D eigenvalue weighted by Crippen LogP contribution is 2.26. The number of benzene rings is 3. The minimum absolute atomic E-state index is 0.0125. The quantitative estimate of drug-likeness (QED) is 0.519. The van der Waals surface area contributed by atoms with Crippen molar-refractivity contribution in [3.63, 3.8) is 0 Å². The molecule has 31 heavy (non-hydrogen) atoms. The van der Waals surface area contributed by atoms with E-state index in [1.165, 1.54) is 50.4 Å². The Bertz CT molecular complexity index is 1210. The second-order valence-corrected chi connectivity index (χ2v) is 8.19. The lowest BCUT2D eigenvalue weighted by molar-refractivity contribution is -0.114. The molecule has 0 bridgehead atoms. The summed E-state index contributed by atoms with van der Waals surface area (Å²) < 4.78 is 33.3. The second-order valence-electron chi connectivity index (χ2n) is 6.51. The van der Waals surface area contributed by atoms with E-state index in [0.29, 0.717) is 17.1 Å². The number of carbonyl (C=O) groups is 2. The summed E-state index contributed by atoms with van der Waals surface area (Å²) in [6, 6.07) is 18.9. The maximum atomic E-state index is 12.8. The lowest BCUT2D eigenvalue weighted by Crippen LogP contribution is -2.19. The van der Waals surface area contributed by atoms with Crippen molar-refractivity contribution in [1.29, 1.82) is 0 Å². The van der Waals surface area contributed by atoms with Crippen LogP contribution in [0.15, 0.2) is 77.7 Å². The van der Waals surface area contributed by atoms with E-state index in [-0.39, 0.29) is 22.1 Å². The third-order valence-corrected chi connectivity index (χ3v) is 5.64. The zero-order valence-electron chi connectivity index (χ0n) is 16.9. The minimum atomic E-state index is -3.97. The second kappa shape index (κ2) is 9.31. The van der Waals surface area contributed by atoms with Crippen LogP contribution in [-0.2, 0) is 14.8 Å². The molecular formula is C22H21N3O5S. The molecule has 160 valence electrons. The van der Waals surface area contributed by atoms with E-state index in [1.807, 2.05) is 0 Å². The molecule has 0 aliphatic carbocycles. The van der Waals surface area contributed by atoms with Gasteiger partial charge in [0, 0.05) is 12.6 Å². The molecule has 3 N–H and O–H groups in total. The average molecular weight is 439 g/mol. The fourth-order valence-electron chi connectivity index (χ4n) is 2.83. The van der Waals surface area contributed by atoms with Crippen molar-refractivity contribution in [3.8, 4) is 5.75 Å². The molecule has 0 aromatic heterocycles. The summed E-state index contributed by atoms with van der Waals surface area (Å²) in [6.45, 7) is 1.36. The SMILES string of the molecule is COc1ccccc1NC(=O)c1ccccc1NS(=O)(=O)c1ccc(NC(C)=O)cc1. The molecule has 9 heteroatoms. The van der Waals surface area contributed by atoms with Crippen molar-refractivity contribution < 1.29 is 22.7 Å². The smallest absolute Gasteiger partial charge is 0.261 e. The monoisotopic (exact) mass is 439 g/mol. The number of amides is 2. The average Bonchev–Trinajstić information content (AvgIpc) is 2.74. The van der Waals surface area contributed by atoms with Crippen molar-refractivity contribution in [2.45, 2.75) is 11.8 Å². The highest BCUT2D eigenvalue weighted by atomic mass is 32.2. The molecule has 0 saturated carbocycles. The van der Waals surface area contributed by atoms with Crippen LogP contribution in [0.3, 0.4) is 0 Å². The Labute approximate surface area is 180 Å². The molecule has 8 nitrogen and oxygen atoms in total. The topological polar surface area (TPSA) is 114 Å². The molecule has 3 aromatic carbocycles. The van der Waals surface area contributed by atoms with Gasteiger partial charge in [0.05, 0.1) is 28.9 Å². The number of carbonyl (C=O) groups excluding carboxylic acids is 2. The number of hydrogen-bond acceptors (Lipinski definition) is 5. The highest BCUT2D eigenvalue weighted by Gasteiger charge is 2.19. The number of nitrogens with one attached hydrogen (secondary N) is 3. The number of rotatable bonds is 7. The van der Waals surface area contributed by atoms with Crippen LogP contribution in [-0.4, -0.2) is 27.3 Å². The maximum Gasteiger partial charge on any atom is 0.261 e. The summed E-state index contributed by atoms with van der Waals surface area (Å²) in [7, 11) is -2.48. The van der Waals surface area contributed by atoms with Gasteiger partial charge < -0.3 is 15.4 Å². The van der Waals surface area contributed by atoms with Crippen LogP contribution >= 0.6 is 0 Å². The minimum Gasteiger partial charge on any atom is -0.495 e. The Morgan fingerprint density at radius 2 is 1.42 bits per heavy atom. The van der Waals surface area contributed by atoms with Gasteiger partial charge in [-0.3, -0.25) is 14.3 Å². The summed E-state index contributed by atoms with van der Waals surface area (Å²) in [5.41, 5.74) is 1.21. The molecule has 0 fully saturated rings. The van der Waals surface area contributed by atoms with Gasteiger partial charge in [-0.2, -0.15) is 0 Å². The molecular weight excluding hydrogens is 418 g/mol. The Morgan fingerprint density at radius 1 is 0.806 bits per heavy atom. The molecule has 0 atom stereocenters. The van der Waals surface area contributed by atoms with Crippen molar-refractivity contribution in [3.05, 3.63) is 78.4 Å². The van der Waals surface area contributed by atoms with Crippen molar-refractivity contribution in [1.82, 2.24) is 0 Å². The third kappa shape index (κ3) is 5.40. The predicted molar refractivity (Wildman–Crippen MR) is 119 cm³/mol. The summed E-state index contributed by atoms with van der Waals surface area (Å²) in [4.78, 5) is 23.9. The fraction of sp³-hybridized carbons (Fsp3) is 0.0909. The number of sulfonamides is 1. The number of anilines is 3. The van der Waals surface area contributed by atoms with Crippen molar-refractivity contribution >= 4 is 38.9 Å². The fourth-order valence-corrected chi connectivity index (χ4v) is 3.91. The zero-order chi connectivity index (χ0) is 22.4. The van der Waals surface area contributed by atoms with Crippen LogP contribution in [0.25, 0.3) is 0 Å². The zero-order valence-corrected chi connectivity index (χ0v) is 17.7. The lowest BCUT2D eigenvalue weighted by Gasteiger charge is -2.14. The summed E-state index contributed by atoms with van der Waals surface area (Å²) in [6.07, 6.45) is 0. The van der Waals surface area contributed by atoms with E-state index in [4.69, 9.17) is 4.74 Å². The Hall–Kier alpha value is -3.85. The first-order valence-electron chi connectivity index (χ1n) is 9.24. The van der Waals surface area contributed by atoms with Crippen LogP contribution in [0.5, 0.6) is 5.75 Å². The van der Waals surface area contributed by atoms with Crippen LogP contribution in [0.2, 0.25) is 0 Å². The highest BCUT2D eigenvalue weighted by molar-refractivity contribution is 7.92. The third-order valence-electron chi connectivity index (χ3n) is 4.26. The van der Waals surface area contributed by atoms with Gasteiger partial charge in [0.1, 0.15) is 5.75 Å². The number of ether oxygens (including phenoxy) is 1. The predicted octanol–water partition coefficient (Wildman–Crippen LogP) is 3.71. The van der Waals surface area contributed by atoms with E-state index in [0.717, 1.165) is 0 Å². The van der Waals surface area contributed by atoms with Crippen molar-refractivity contribution in [2.75, 3.05) is 22.5 Å². The molecule has 0 saturated heterocycles. The van der Waals surface area contributed by atoms with Gasteiger partial charge >= 0.3 is 0 Å². The first kappa shape index (κ1) is 21.8. The van der Waals surface area contributed by atoms with Gasteiger partial charge in [0.25, 0.3) is 15.9 Å². The van der Waals surface area contributed by atoms with Gasteiger partial charge in [0.15, 0.2) is 0 Å². The molecule has 0 unspecified atom stereocenters. The molecule has 0 heterocycles. The molecule has 0 spiro atoms. The van der Waals surface area contributed by atoms with Gasteiger partial charge in [-0.25, -0.2) is 8.42 Å². The van der Waals surface area contributed by atoms with E-state index in [2.05, 4.69) is 15.4 Å². The van der Waals surface area contributed by atoms with Crippen LogP contribution in [0.4, 0.5) is 17.1 Å². The Morgan fingerprint density at radius 3 is 2.06 bits per heavy atom. The van der Waals surface area contributed by atoms with E-state index in [1.54, 1.807) is 36.4 Å². The van der Waals surface area contributed by atoms with Crippen LogP contribution in [0, 0.1) is 0 Å². The van der Waals surface area contributed by atoms with E-state index >= 15 is 0 Å². The number of methoxy groups -OCH3 is 1. The Balaban J connectivity index is 1.84. The number of para-hydroxylation sites is 3. The summed E-state index contributed by atoms with van der Waals surface area (Å²) >= 11 is 0. The molecule has 2 amide bonds. The lowest BCUT2D eigenvalue weighted by atomic mass is 10.1. The van der Waals surface area contributed by atoms with E-state index in [9.17, 15) is 18.0 Å². The number of hydrogen-bond donors (Lipinski definition) is 3. The summed E-state index contributed by atoms with van der Waals surface area (Å²) in [5.74, 6) is -0.277. The standard InChI is InChI=1S/C22H21N3O5S/c1-15(26)23-16-11-13-17(14-12-16)31(28,29)25-19-8-4-3-7-18(19)22(27)24-20-9-5-6-10-21(20)30-2/h3-14,25H,1-2H3,(H,23,26)(H,24,27). The van der Waals surface area contributed by atoms with Crippen molar-refractivity contribution in [2.24, 2.45) is 0 Å². The van der Waals surface area contributed by atoms with Gasteiger partial charge in [0.2, 0.25) is 5.91 Å². The molecule has 0 aliphatic rings.